The lowest BCUT2D eigenvalue weighted by atomic mass is 9.96. The first kappa shape index (κ1) is 11.0. The van der Waals surface area contributed by atoms with E-state index >= 15 is 0 Å². The summed E-state index contributed by atoms with van der Waals surface area (Å²) in [5.74, 6) is 0. The third-order valence-corrected chi connectivity index (χ3v) is 2.40. The minimum absolute atomic E-state index is 0.0526. The highest BCUT2D eigenvalue weighted by atomic mass is 16.5. The molecule has 0 aromatic carbocycles. The van der Waals surface area contributed by atoms with Gasteiger partial charge in [0.25, 0.3) is 0 Å². The van der Waals surface area contributed by atoms with Crippen LogP contribution in [0.4, 0.5) is 0 Å². The summed E-state index contributed by atoms with van der Waals surface area (Å²) in [5.41, 5.74) is -0.0526. The first-order valence-corrected chi connectivity index (χ1v) is 5.19. The summed E-state index contributed by atoms with van der Waals surface area (Å²) < 4.78 is 11.3. The van der Waals surface area contributed by atoms with Crippen molar-refractivity contribution in [3.63, 3.8) is 0 Å². The number of hydrogen-bond donors (Lipinski definition) is 1. The van der Waals surface area contributed by atoms with Crippen molar-refractivity contribution in [2.24, 2.45) is 0 Å². The molecule has 0 aromatic heterocycles. The molecule has 3 nitrogen and oxygen atoms in total. The predicted octanol–water partition coefficient (Wildman–Crippen LogP) is 1.18. The van der Waals surface area contributed by atoms with Gasteiger partial charge in [0.05, 0.1) is 6.61 Å². The topological polar surface area (TPSA) is 30.5 Å². The Morgan fingerprint density at radius 3 is 2.92 bits per heavy atom. The van der Waals surface area contributed by atoms with Crippen molar-refractivity contribution in [2.45, 2.75) is 31.8 Å². The average molecular weight is 187 g/mol. The van der Waals surface area contributed by atoms with Gasteiger partial charge in [0.15, 0.2) is 0 Å². The molecule has 1 rings (SSSR count). The first-order chi connectivity index (χ1) is 6.33. The second kappa shape index (κ2) is 5.58. The lowest BCUT2D eigenvalue weighted by Gasteiger charge is -2.36. The molecular weight excluding hydrogens is 166 g/mol. The Balaban J connectivity index is 2.40. The van der Waals surface area contributed by atoms with Crippen LogP contribution in [0.2, 0.25) is 0 Å². The molecule has 1 saturated heterocycles. The highest BCUT2D eigenvalue weighted by molar-refractivity contribution is 4.85. The maximum Gasteiger partial charge on any atom is 0.104 e. The fraction of sp³-hybridized carbons (Fsp3) is 1.00. The van der Waals surface area contributed by atoms with Crippen LogP contribution in [0, 0.1) is 0 Å². The maximum absolute atomic E-state index is 5.87. The quantitative estimate of drug-likeness (QED) is 0.701. The Labute approximate surface area is 80.8 Å². The molecular formula is C10H21NO2. The molecule has 1 heterocycles. The minimum atomic E-state index is -0.0526. The Hall–Kier alpha value is -0.120. The molecule has 1 aliphatic rings. The van der Waals surface area contributed by atoms with Crippen LogP contribution in [0.25, 0.3) is 0 Å². The van der Waals surface area contributed by atoms with Crippen molar-refractivity contribution < 1.29 is 9.47 Å². The van der Waals surface area contributed by atoms with Crippen LogP contribution in [0.15, 0.2) is 0 Å². The van der Waals surface area contributed by atoms with Gasteiger partial charge in [-0.1, -0.05) is 6.92 Å². The van der Waals surface area contributed by atoms with Crippen LogP contribution in [0.1, 0.15) is 26.2 Å². The summed E-state index contributed by atoms with van der Waals surface area (Å²) in [5, 5.41) is 3.18. The van der Waals surface area contributed by atoms with Gasteiger partial charge in [-0.25, -0.2) is 0 Å². The fourth-order valence-corrected chi connectivity index (χ4v) is 1.77. The molecule has 13 heavy (non-hydrogen) atoms. The zero-order valence-electron chi connectivity index (χ0n) is 8.77. The van der Waals surface area contributed by atoms with Gasteiger partial charge in [-0.05, 0) is 26.3 Å². The van der Waals surface area contributed by atoms with Crippen molar-refractivity contribution in [2.75, 3.05) is 33.4 Å². The monoisotopic (exact) mass is 187 g/mol. The zero-order chi connectivity index (χ0) is 9.57. The van der Waals surface area contributed by atoms with Crippen LogP contribution < -0.4 is 5.32 Å². The molecule has 0 amide bonds. The molecule has 0 radical (unpaired) electrons. The Morgan fingerprint density at radius 2 is 2.38 bits per heavy atom. The van der Waals surface area contributed by atoms with Crippen molar-refractivity contribution in [3.05, 3.63) is 0 Å². The number of rotatable bonds is 5. The van der Waals surface area contributed by atoms with E-state index in [1.807, 2.05) is 7.05 Å². The van der Waals surface area contributed by atoms with Gasteiger partial charge in [0, 0.05) is 19.8 Å². The van der Waals surface area contributed by atoms with Crippen molar-refractivity contribution >= 4 is 0 Å². The summed E-state index contributed by atoms with van der Waals surface area (Å²) in [6.45, 7) is 5.50. The van der Waals surface area contributed by atoms with Crippen molar-refractivity contribution in [1.29, 1.82) is 0 Å². The zero-order valence-corrected chi connectivity index (χ0v) is 8.77. The first-order valence-electron chi connectivity index (χ1n) is 5.19. The van der Waals surface area contributed by atoms with E-state index in [9.17, 15) is 0 Å². The minimum Gasteiger partial charge on any atom is -0.378 e. The van der Waals surface area contributed by atoms with Crippen LogP contribution >= 0.6 is 0 Å². The van der Waals surface area contributed by atoms with Gasteiger partial charge >= 0.3 is 0 Å². The number of ether oxygens (including phenoxy) is 2. The van der Waals surface area contributed by atoms with Crippen LogP contribution in [0.3, 0.4) is 0 Å². The van der Waals surface area contributed by atoms with Gasteiger partial charge in [0.1, 0.15) is 5.60 Å². The summed E-state index contributed by atoms with van der Waals surface area (Å²) in [6.07, 6.45) is 3.31. The second-order valence-electron chi connectivity index (χ2n) is 3.72. The van der Waals surface area contributed by atoms with E-state index in [2.05, 4.69) is 12.2 Å². The molecule has 0 aromatic rings. The predicted molar refractivity (Wildman–Crippen MR) is 53.0 cm³/mol. The van der Waals surface area contributed by atoms with E-state index in [4.69, 9.17) is 9.47 Å². The summed E-state index contributed by atoms with van der Waals surface area (Å²) in [6, 6.07) is 0. The highest BCUT2D eigenvalue weighted by Crippen LogP contribution is 2.22. The summed E-state index contributed by atoms with van der Waals surface area (Å²) in [4.78, 5) is 0. The third kappa shape index (κ3) is 3.25. The molecule has 1 fully saturated rings. The summed E-state index contributed by atoms with van der Waals surface area (Å²) in [7, 11) is 1.96. The summed E-state index contributed by atoms with van der Waals surface area (Å²) >= 11 is 0. The van der Waals surface area contributed by atoms with E-state index in [1.54, 1.807) is 0 Å². The molecule has 3 heteroatoms. The second-order valence-corrected chi connectivity index (χ2v) is 3.72. The average Bonchev–Trinajstić information content (AvgIpc) is 2.17. The van der Waals surface area contributed by atoms with E-state index < -0.39 is 0 Å². The number of nitrogens with one attached hydrogen (secondary N) is 1. The molecule has 1 atom stereocenters. The number of likely N-dealkylation sites (N-methyl/N-ethyl adjacent to an activating group) is 1. The lowest BCUT2D eigenvalue weighted by Crippen LogP contribution is -2.48. The van der Waals surface area contributed by atoms with Gasteiger partial charge in [0.2, 0.25) is 0 Å². The van der Waals surface area contributed by atoms with E-state index in [-0.39, 0.29) is 5.60 Å². The lowest BCUT2D eigenvalue weighted by molar-refractivity contribution is -0.125. The molecule has 0 aliphatic carbocycles. The molecule has 0 bridgehead atoms. The molecule has 1 N–H and O–H groups in total. The SMILES string of the molecule is CCCOC1(CNC)CCCOC1. The molecule has 0 saturated carbocycles. The Kier molecular flexibility index (Phi) is 4.70. The largest absolute Gasteiger partial charge is 0.378 e. The fourth-order valence-electron chi connectivity index (χ4n) is 1.77. The standard InChI is InChI=1S/C10H21NO2/c1-3-6-13-10(8-11-2)5-4-7-12-9-10/h11H,3-9H2,1-2H3. The van der Waals surface area contributed by atoms with Gasteiger partial charge in [-0.15, -0.1) is 0 Å². The van der Waals surface area contributed by atoms with E-state index in [0.29, 0.717) is 0 Å². The van der Waals surface area contributed by atoms with E-state index in [1.165, 1.54) is 0 Å². The molecule has 78 valence electrons. The van der Waals surface area contributed by atoms with Crippen LogP contribution in [-0.2, 0) is 9.47 Å². The highest BCUT2D eigenvalue weighted by Gasteiger charge is 2.32. The van der Waals surface area contributed by atoms with Crippen molar-refractivity contribution in [3.8, 4) is 0 Å². The maximum atomic E-state index is 5.87. The molecule has 1 unspecified atom stereocenters. The van der Waals surface area contributed by atoms with Crippen LogP contribution in [-0.4, -0.2) is 39.0 Å². The van der Waals surface area contributed by atoms with Gasteiger partial charge < -0.3 is 14.8 Å². The smallest absolute Gasteiger partial charge is 0.104 e. The number of hydrogen-bond acceptors (Lipinski definition) is 3. The van der Waals surface area contributed by atoms with Crippen molar-refractivity contribution in [1.82, 2.24) is 5.32 Å². The Bertz CT molecular complexity index is 127. The van der Waals surface area contributed by atoms with Gasteiger partial charge in [-0.2, -0.15) is 0 Å². The third-order valence-electron chi connectivity index (χ3n) is 2.40. The van der Waals surface area contributed by atoms with Gasteiger partial charge in [-0.3, -0.25) is 0 Å². The van der Waals surface area contributed by atoms with Crippen LogP contribution in [0.5, 0.6) is 0 Å². The normalized spacial score (nSPS) is 29.1. The molecule has 1 aliphatic heterocycles. The Morgan fingerprint density at radius 1 is 1.54 bits per heavy atom. The molecule has 0 spiro atoms. The van der Waals surface area contributed by atoms with E-state index in [0.717, 1.165) is 45.6 Å².